The van der Waals surface area contributed by atoms with Gasteiger partial charge in [0, 0.05) is 29.5 Å². The number of carbonyl (C=O) groups is 2. The second-order valence-corrected chi connectivity index (χ2v) is 5.09. The van der Waals surface area contributed by atoms with Gasteiger partial charge in [0.05, 0.1) is 17.9 Å². The minimum Gasteiger partial charge on any atom is -0.462 e. The zero-order valence-electron chi connectivity index (χ0n) is 12.2. The number of fused-ring (bicyclic) bond motifs is 2. The molecule has 0 saturated carbocycles. The summed E-state index contributed by atoms with van der Waals surface area (Å²) in [6.45, 7) is 2.01. The van der Waals surface area contributed by atoms with E-state index in [0.717, 1.165) is 5.39 Å². The quantitative estimate of drug-likeness (QED) is 0.529. The summed E-state index contributed by atoms with van der Waals surface area (Å²) in [7, 11) is 0. The third-order valence-electron chi connectivity index (χ3n) is 3.76. The molecule has 0 N–H and O–H groups in total. The van der Waals surface area contributed by atoms with Crippen molar-refractivity contribution < 1.29 is 14.3 Å². The molecule has 3 aromatic rings. The van der Waals surface area contributed by atoms with Gasteiger partial charge in [-0.05, 0) is 30.5 Å². The Kier molecular flexibility index (Phi) is 2.90. The zero-order valence-corrected chi connectivity index (χ0v) is 12.2. The molecule has 0 aliphatic heterocycles. The van der Waals surface area contributed by atoms with Crippen molar-refractivity contribution in [3.8, 4) is 11.3 Å². The van der Waals surface area contributed by atoms with Crippen LogP contribution in [-0.4, -0.2) is 33.3 Å². The van der Waals surface area contributed by atoms with E-state index >= 15 is 0 Å². The summed E-state index contributed by atoms with van der Waals surface area (Å²) in [5.74, 6) is -0.735. The smallest absolute Gasteiger partial charge is 0.339 e. The Labute approximate surface area is 131 Å². The summed E-state index contributed by atoms with van der Waals surface area (Å²) in [6, 6.07) is 5.26. The van der Waals surface area contributed by atoms with Crippen LogP contribution < -0.4 is 0 Å². The SMILES string of the molecule is CCOC(=O)c1cnc2c(c1)-c1nccc3ccnc(c13)C2=O. The summed E-state index contributed by atoms with van der Waals surface area (Å²) < 4.78 is 4.99. The molecular formula is C17H11N3O3. The summed E-state index contributed by atoms with van der Waals surface area (Å²) in [5.41, 5.74) is 2.04. The number of ether oxygens (including phenoxy) is 1. The van der Waals surface area contributed by atoms with E-state index in [2.05, 4.69) is 15.0 Å². The highest BCUT2D eigenvalue weighted by atomic mass is 16.5. The van der Waals surface area contributed by atoms with Gasteiger partial charge in [-0.25, -0.2) is 4.79 Å². The highest BCUT2D eigenvalue weighted by Crippen LogP contribution is 2.36. The van der Waals surface area contributed by atoms with E-state index in [1.165, 1.54) is 6.20 Å². The molecule has 4 rings (SSSR count). The average molecular weight is 305 g/mol. The van der Waals surface area contributed by atoms with Crippen molar-refractivity contribution in [2.45, 2.75) is 6.92 Å². The van der Waals surface area contributed by atoms with Crippen molar-refractivity contribution in [3.05, 3.63) is 53.7 Å². The van der Waals surface area contributed by atoms with Gasteiger partial charge in [0.15, 0.2) is 0 Å². The van der Waals surface area contributed by atoms with Crippen LogP contribution in [0.15, 0.2) is 36.8 Å². The molecule has 23 heavy (non-hydrogen) atoms. The van der Waals surface area contributed by atoms with E-state index in [4.69, 9.17) is 4.74 Å². The number of esters is 1. The molecule has 112 valence electrons. The number of hydrogen-bond acceptors (Lipinski definition) is 6. The van der Waals surface area contributed by atoms with Gasteiger partial charge in [0.2, 0.25) is 5.78 Å². The Morgan fingerprint density at radius 1 is 1.09 bits per heavy atom. The summed E-state index contributed by atoms with van der Waals surface area (Å²) in [5, 5.41) is 1.57. The molecule has 0 radical (unpaired) electrons. The molecule has 0 unspecified atom stereocenters. The Morgan fingerprint density at radius 3 is 2.57 bits per heavy atom. The highest BCUT2D eigenvalue weighted by molar-refractivity contribution is 6.23. The second-order valence-electron chi connectivity index (χ2n) is 5.09. The summed E-state index contributed by atoms with van der Waals surface area (Å²) in [6.07, 6.45) is 4.61. The highest BCUT2D eigenvalue weighted by Gasteiger charge is 2.29. The van der Waals surface area contributed by atoms with Crippen molar-refractivity contribution >= 4 is 22.5 Å². The second kappa shape index (κ2) is 4.95. The Bertz CT molecular complexity index is 977. The molecule has 0 bridgehead atoms. The lowest BCUT2D eigenvalue weighted by molar-refractivity contribution is 0.0525. The predicted molar refractivity (Wildman–Crippen MR) is 82.2 cm³/mol. The number of pyridine rings is 3. The van der Waals surface area contributed by atoms with Crippen molar-refractivity contribution in [2.24, 2.45) is 0 Å². The molecule has 0 saturated heterocycles. The number of rotatable bonds is 2. The fourth-order valence-corrected chi connectivity index (χ4v) is 2.76. The molecule has 0 amide bonds. The normalized spacial score (nSPS) is 12.1. The minimum absolute atomic E-state index is 0.254. The number of carbonyl (C=O) groups excluding carboxylic acids is 2. The van der Waals surface area contributed by atoms with Gasteiger partial charge >= 0.3 is 5.97 Å². The third-order valence-corrected chi connectivity index (χ3v) is 3.76. The lowest BCUT2D eigenvalue weighted by Gasteiger charge is -2.17. The van der Waals surface area contributed by atoms with Crippen LogP contribution in [0.4, 0.5) is 0 Å². The third kappa shape index (κ3) is 1.92. The van der Waals surface area contributed by atoms with Gasteiger partial charge in [-0.2, -0.15) is 0 Å². The van der Waals surface area contributed by atoms with Crippen LogP contribution in [0.5, 0.6) is 0 Å². The van der Waals surface area contributed by atoms with Crippen LogP contribution >= 0.6 is 0 Å². The number of ketones is 1. The maximum absolute atomic E-state index is 12.6. The molecule has 0 atom stereocenters. The first-order valence-corrected chi connectivity index (χ1v) is 7.16. The van der Waals surface area contributed by atoms with Crippen molar-refractivity contribution in [1.29, 1.82) is 0 Å². The van der Waals surface area contributed by atoms with Crippen LogP contribution in [0.3, 0.4) is 0 Å². The maximum Gasteiger partial charge on any atom is 0.339 e. The van der Waals surface area contributed by atoms with Crippen LogP contribution in [0.2, 0.25) is 0 Å². The van der Waals surface area contributed by atoms with Gasteiger partial charge in [-0.3, -0.25) is 19.7 Å². The van der Waals surface area contributed by atoms with Gasteiger partial charge in [0.1, 0.15) is 11.4 Å². The van der Waals surface area contributed by atoms with E-state index in [-0.39, 0.29) is 18.1 Å². The minimum atomic E-state index is -0.473. The van der Waals surface area contributed by atoms with Crippen LogP contribution in [-0.2, 0) is 4.74 Å². The average Bonchev–Trinajstić information content (AvgIpc) is 2.59. The van der Waals surface area contributed by atoms with E-state index in [1.54, 1.807) is 25.4 Å². The fraction of sp³-hybridized carbons (Fsp3) is 0.118. The first-order chi connectivity index (χ1) is 11.2. The van der Waals surface area contributed by atoms with E-state index in [1.807, 2.05) is 12.1 Å². The number of nitrogens with zero attached hydrogens (tertiary/aromatic N) is 3. The van der Waals surface area contributed by atoms with Crippen LogP contribution in [0.25, 0.3) is 22.0 Å². The monoisotopic (exact) mass is 305 g/mol. The first kappa shape index (κ1) is 13.5. The van der Waals surface area contributed by atoms with E-state index < -0.39 is 5.97 Å². The molecule has 0 spiro atoms. The van der Waals surface area contributed by atoms with Crippen molar-refractivity contribution in [3.63, 3.8) is 0 Å². The van der Waals surface area contributed by atoms with Gasteiger partial charge in [0.25, 0.3) is 0 Å². The predicted octanol–water partition coefficient (Wildman–Crippen LogP) is 2.41. The Hall–Kier alpha value is -3.15. The van der Waals surface area contributed by atoms with Crippen molar-refractivity contribution in [1.82, 2.24) is 15.0 Å². The molecule has 3 aromatic heterocycles. The van der Waals surface area contributed by atoms with Crippen molar-refractivity contribution in [2.75, 3.05) is 6.61 Å². The Morgan fingerprint density at radius 2 is 1.83 bits per heavy atom. The zero-order chi connectivity index (χ0) is 16.0. The molecule has 6 heteroatoms. The van der Waals surface area contributed by atoms with Gasteiger partial charge in [-0.15, -0.1) is 0 Å². The standard InChI is InChI=1S/C17H11N3O3/c1-2-23-17(22)10-7-11-13-12-9(3-5-18-13)4-6-19-15(12)16(21)14(11)20-8-10/h3-8H,2H2,1H3. The maximum atomic E-state index is 12.6. The summed E-state index contributed by atoms with van der Waals surface area (Å²) >= 11 is 0. The Balaban J connectivity index is 2.01. The molecule has 0 fully saturated rings. The van der Waals surface area contributed by atoms with Crippen LogP contribution in [0, 0.1) is 0 Å². The lowest BCUT2D eigenvalue weighted by atomic mass is 9.91. The fourth-order valence-electron chi connectivity index (χ4n) is 2.76. The topological polar surface area (TPSA) is 82.0 Å². The molecule has 1 aliphatic carbocycles. The van der Waals surface area contributed by atoms with E-state index in [9.17, 15) is 9.59 Å². The van der Waals surface area contributed by atoms with E-state index in [0.29, 0.717) is 27.9 Å². The van der Waals surface area contributed by atoms with Gasteiger partial charge < -0.3 is 4.74 Å². The number of aromatic nitrogens is 3. The number of hydrogen-bond donors (Lipinski definition) is 0. The van der Waals surface area contributed by atoms with Crippen LogP contribution in [0.1, 0.15) is 33.5 Å². The van der Waals surface area contributed by atoms with Gasteiger partial charge in [-0.1, -0.05) is 0 Å². The summed E-state index contributed by atoms with van der Waals surface area (Å²) in [4.78, 5) is 37.3. The molecular weight excluding hydrogens is 294 g/mol. The lowest BCUT2D eigenvalue weighted by Crippen LogP contribution is -2.16. The molecule has 0 aromatic carbocycles. The largest absolute Gasteiger partial charge is 0.462 e. The molecule has 3 heterocycles. The first-order valence-electron chi connectivity index (χ1n) is 7.16. The molecule has 1 aliphatic rings. The molecule has 6 nitrogen and oxygen atoms in total.